The third-order valence-electron chi connectivity index (χ3n) is 13.8. The lowest BCUT2D eigenvalue weighted by Crippen LogP contribution is -2.58. The molecule has 2 spiro atoms. The predicted molar refractivity (Wildman–Crippen MR) is 145 cm³/mol. The van der Waals surface area contributed by atoms with E-state index in [4.69, 9.17) is 4.74 Å². The van der Waals surface area contributed by atoms with E-state index in [0.29, 0.717) is 27.6 Å². The number of ether oxygens (including phenoxy) is 1. The SMILES string of the molecule is C=C(CC[C@@H](C)[C@H]1CC[C@@]2(C)[C@H]3CC[C@H]4C(C)(C)[C@@H](OC(C)=O)CC[C@@]45C[C@@]35CC[C@]12C)C(C)C. The highest BCUT2D eigenvalue weighted by Crippen LogP contribution is 2.89. The molecule has 5 saturated carbocycles. The van der Waals surface area contributed by atoms with Crippen molar-refractivity contribution < 1.29 is 9.53 Å². The summed E-state index contributed by atoms with van der Waals surface area (Å²) in [7, 11) is 0. The van der Waals surface area contributed by atoms with Crippen LogP contribution in [0.3, 0.4) is 0 Å². The van der Waals surface area contributed by atoms with E-state index in [0.717, 1.165) is 30.1 Å². The number of rotatable bonds is 6. The van der Waals surface area contributed by atoms with Gasteiger partial charge in [0.1, 0.15) is 6.10 Å². The Hall–Kier alpha value is -0.790. The molecule has 198 valence electrons. The minimum atomic E-state index is -0.0951. The molecule has 35 heavy (non-hydrogen) atoms. The monoisotopic (exact) mass is 482 g/mol. The number of hydrogen-bond donors (Lipinski definition) is 0. The van der Waals surface area contributed by atoms with Gasteiger partial charge in [-0.1, -0.05) is 60.6 Å². The molecule has 5 aliphatic carbocycles. The van der Waals surface area contributed by atoms with Crippen LogP contribution in [0.1, 0.15) is 126 Å². The molecule has 0 aromatic carbocycles. The van der Waals surface area contributed by atoms with Crippen LogP contribution in [0.5, 0.6) is 0 Å². The van der Waals surface area contributed by atoms with Crippen LogP contribution in [0.15, 0.2) is 12.2 Å². The number of carbonyl (C=O) groups excluding carboxylic acids is 1. The fourth-order valence-electron chi connectivity index (χ4n) is 11.6. The van der Waals surface area contributed by atoms with Gasteiger partial charge in [-0.25, -0.2) is 0 Å². The molecule has 0 heterocycles. The average Bonchev–Trinajstić information content (AvgIpc) is 3.36. The van der Waals surface area contributed by atoms with E-state index in [1.54, 1.807) is 6.92 Å². The topological polar surface area (TPSA) is 26.3 Å². The third-order valence-corrected chi connectivity index (χ3v) is 13.8. The van der Waals surface area contributed by atoms with Crippen LogP contribution in [0.2, 0.25) is 0 Å². The maximum Gasteiger partial charge on any atom is 0.302 e. The predicted octanol–water partition coefficient (Wildman–Crippen LogP) is 8.99. The molecular weight excluding hydrogens is 428 g/mol. The van der Waals surface area contributed by atoms with Gasteiger partial charge in [0.2, 0.25) is 0 Å². The number of allylic oxidation sites excluding steroid dienone is 1. The van der Waals surface area contributed by atoms with E-state index in [9.17, 15) is 4.79 Å². The Labute approximate surface area is 216 Å². The highest BCUT2D eigenvalue weighted by Gasteiger charge is 2.82. The fourth-order valence-corrected chi connectivity index (χ4v) is 11.6. The molecule has 0 bridgehead atoms. The molecule has 0 unspecified atom stereocenters. The Morgan fingerprint density at radius 3 is 2.20 bits per heavy atom. The second-order valence-corrected chi connectivity index (χ2v) is 15.4. The summed E-state index contributed by atoms with van der Waals surface area (Å²) < 4.78 is 5.91. The highest BCUT2D eigenvalue weighted by molar-refractivity contribution is 5.66. The molecule has 0 aliphatic heterocycles. The summed E-state index contributed by atoms with van der Waals surface area (Å²) >= 11 is 0. The standard InChI is InChI=1S/C33H54O2/c1-21(2)22(3)10-11-23(4)25-14-16-31(9)27-13-12-26-29(6,7)28(35-24(5)34)15-17-32(26)20-33(27,32)19-18-30(25,31)8/h21,23,25-28H,3,10-20H2,1-2,4-9H3/t23-,25-,26+,27-,28+,30-,31+,32-,33+/m1/s1. The lowest BCUT2D eigenvalue weighted by Gasteiger charge is -2.63. The van der Waals surface area contributed by atoms with Crippen molar-refractivity contribution in [1.82, 2.24) is 0 Å². The van der Waals surface area contributed by atoms with Gasteiger partial charge in [0.05, 0.1) is 0 Å². The summed E-state index contributed by atoms with van der Waals surface area (Å²) in [5, 5.41) is 0. The van der Waals surface area contributed by atoms with Gasteiger partial charge < -0.3 is 4.74 Å². The zero-order valence-electron chi connectivity index (χ0n) is 24.3. The molecule has 0 aromatic rings. The van der Waals surface area contributed by atoms with Gasteiger partial charge in [0.25, 0.3) is 0 Å². The van der Waals surface area contributed by atoms with E-state index in [1.165, 1.54) is 69.8 Å². The minimum Gasteiger partial charge on any atom is -0.462 e. The molecule has 0 saturated heterocycles. The molecule has 0 N–H and O–H groups in total. The lowest BCUT2D eigenvalue weighted by molar-refractivity contribution is -0.181. The highest BCUT2D eigenvalue weighted by atomic mass is 16.5. The smallest absolute Gasteiger partial charge is 0.302 e. The first-order valence-corrected chi connectivity index (χ1v) is 15.1. The van der Waals surface area contributed by atoms with Crippen molar-refractivity contribution in [2.24, 2.45) is 56.7 Å². The summed E-state index contributed by atoms with van der Waals surface area (Å²) in [5.74, 6) is 3.80. The van der Waals surface area contributed by atoms with Crippen molar-refractivity contribution in [1.29, 1.82) is 0 Å². The molecule has 0 aromatic heterocycles. The van der Waals surface area contributed by atoms with Crippen molar-refractivity contribution in [2.45, 2.75) is 132 Å². The Morgan fingerprint density at radius 2 is 1.54 bits per heavy atom. The Morgan fingerprint density at radius 1 is 0.886 bits per heavy atom. The molecule has 9 atom stereocenters. The maximum absolute atomic E-state index is 11.9. The molecule has 2 nitrogen and oxygen atoms in total. The van der Waals surface area contributed by atoms with E-state index in [2.05, 4.69) is 55.0 Å². The van der Waals surface area contributed by atoms with Crippen LogP contribution in [-0.2, 0) is 9.53 Å². The fraction of sp³-hybridized carbons (Fsp3) is 0.909. The van der Waals surface area contributed by atoms with Gasteiger partial charge in [-0.15, -0.1) is 0 Å². The second-order valence-electron chi connectivity index (χ2n) is 15.4. The quantitative estimate of drug-likeness (QED) is 0.279. The zero-order chi connectivity index (χ0) is 25.6. The maximum atomic E-state index is 11.9. The van der Waals surface area contributed by atoms with E-state index in [-0.39, 0.29) is 17.5 Å². The average molecular weight is 483 g/mol. The summed E-state index contributed by atoms with van der Waals surface area (Å²) in [5.41, 5.74) is 3.63. The van der Waals surface area contributed by atoms with Crippen molar-refractivity contribution in [3.8, 4) is 0 Å². The summed E-state index contributed by atoms with van der Waals surface area (Å²) in [6.07, 6.45) is 15.0. The normalized spacial score (nSPS) is 48.3. The van der Waals surface area contributed by atoms with E-state index in [1.807, 2.05) is 0 Å². The van der Waals surface area contributed by atoms with Crippen LogP contribution in [0.25, 0.3) is 0 Å². The van der Waals surface area contributed by atoms with Crippen LogP contribution in [-0.4, -0.2) is 12.1 Å². The number of esters is 1. The Kier molecular flexibility index (Phi) is 5.98. The molecule has 2 heteroatoms. The lowest BCUT2D eigenvalue weighted by atomic mass is 9.41. The van der Waals surface area contributed by atoms with Gasteiger partial charge in [0, 0.05) is 12.3 Å². The minimum absolute atomic E-state index is 0.0951. The van der Waals surface area contributed by atoms with Crippen LogP contribution < -0.4 is 0 Å². The molecule has 5 aliphatic rings. The summed E-state index contributed by atoms with van der Waals surface area (Å²) in [6, 6.07) is 0. The molecular formula is C33H54O2. The van der Waals surface area contributed by atoms with Gasteiger partial charge in [-0.05, 0) is 122 Å². The first-order chi connectivity index (χ1) is 16.3. The van der Waals surface area contributed by atoms with Crippen molar-refractivity contribution in [2.75, 3.05) is 0 Å². The summed E-state index contributed by atoms with van der Waals surface area (Å²) in [6.45, 7) is 23.4. The number of hydrogen-bond acceptors (Lipinski definition) is 2. The Balaban J connectivity index is 1.37. The van der Waals surface area contributed by atoms with E-state index >= 15 is 0 Å². The molecule has 0 radical (unpaired) electrons. The number of carbonyl (C=O) groups is 1. The van der Waals surface area contributed by atoms with Crippen molar-refractivity contribution in [3.63, 3.8) is 0 Å². The zero-order valence-corrected chi connectivity index (χ0v) is 24.3. The van der Waals surface area contributed by atoms with Gasteiger partial charge in [-0.3, -0.25) is 4.79 Å². The first-order valence-electron chi connectivity index (χ1n) is 15.1. The number of fused-ring (bicyclic) bond motifs is 2. The van der Waals surface area contributed by atoms with Crippen molar-refractivity contribution in [3.05, 3.63) is 12.2 Å². The Bertz CT molecular complexity index is 886. The van der Waals surface area contributed by atoms with Gasteiger partial charge in [0.15, 0.2) is 0 Å². The van der Waals surface area contributed by atoms with Crippen molar-refractivity contribution >= 4 is 5.97 Å². The van der Waals surface area contributed by atoms with Gasteiger partial charge in [-0.2, -0.15) is 0 Å². The van der Waals surface area contributed by atoms with E-state index < -0.39 is 0 Å². The third kappa shape index (κ3) is 3.35. The molecule has 5 rings (SSSR count). The second kappa shape index (κ2) is 8.10. The van der Waals surface area contributed by atoms with Gasteiger partial charge >= 0.3 is 5.97 Å². The largest absolute Gasteiger partial charge is 0.462 e. The van der Waals surface area contributed by atoms with Crippen LogP contribution in [0.4, 0.5) is 0 Å². The van der Waals surface area contributed by atoms with Crippen LogP contribution in [0, 0.1) is 56.7 Å². The van der Waals surface area contributed by atoms with Crippen LogP contribution >= 0.6 is 0 Å². The first kappa shape index (κ1) is 25.8. The molecule has 5 fully saturated rings. The molecule has 0 amide bonds. The summed E-state index contributed by atoms with van der Waals surface area (Å²) in [4.78, 5) is 11.9.